The van der Waals surface area contributed by atoms with Gasteiger partial charge in [-0.15, -0.1) is 0 Å². The van der Waals surface area contributed by atoms with E-state index in [-0.39, 0.29) is 0 Å². The highest BCUT2D eigenvalue weighted by molar-refractivity contribution is 6.23. The highest BCUT2D eigenvalue weighted by Crippen LogP contribution is 2.43. The lowest BCUT2D eigenvalue weighted by Gasteiger charge is -2.26. The van der Waals surface area contributed by atoms with Crippen LogP contribution in [0.2, 0.25) is 0 Å². The van der Waals surface area contributed by atoms with Gasteiger partial charge < -0.3 is 9.32 Å². The summed E-state index contributed by atoms with van der Waals surface area (Å²) >= 11 is 0. The zero-order valence-corrected chi connectivity index (χ0v) is 29.6. The molecule has 0 saturated heterocycles. The average Bonchev–Trinajstić information content (AvgIpc) is 3.65. The van der Waals surface area contributed by atoms with Gasteiger partial charge in [0.2, 0.25) is 0 Å². The number of anilines is 3. The summed E-state index contributed by atoms with van der Waals surface area (Å²) in [7, 11) is 0. The quantitative estimate of drug-likeness (QED) is 0.166. The molecule has 0 radical (unpaired) electrons. The van der Waals surface area contributed by atoms with Crippen LogP contribution in [-0.2, 0) is 0 Å². The Labute approximate surface area is 314 Å². The molecule has 10 aromatic rings. The molecule has 0 aliphatic carbocycles. The summed E-state index contributed by atoms with van der Waals surface area (Å²) in [6.45, 7) is 0. The molecule has 0 spiro atoms. The number of para-hydroxylation sites is 2. The fraction of sp³-hybridized carbons (Fsp3) is 0. The van der Waals surface area contributed by atoms with Gasteiger partial charge in [-0.05, 0) is 104 Å². The first-order valence-electron chi connectivity index (χ1n) is 18.4. The molecule has 0 fully saturated rings. The van der Waals surface area contributed by atoms with Gasteiger partial charge in [0.05, 0.1) is 0 Å². The minimum Gasteiger partial charge on any atom is -0.455 e. The van der Waals surface area contributed by atoms with E-state index in [9.17, 15) is 0 Å². The molecule has 1 aromatic heterocycles. The largest absolute Gasteiger partial charge is 0.455 e. The SMILES string of the molecule is c1ccc(-c2ccc(-c3ccc(N(c4ccccc4)c4ccc(-c5ccc6cc(-c7ccccc7)c7oc8ccccc8c7c6c5)cc4)cc3)cc2)cc1. The van der Waals surface area contributed by atoms with Crippen molar-refractivity contribution < 1.29 is 4.42 Å². The predicted octanol–water partition coefficient (Wildman–Crippen LogP) is 14.9. The summed E-state index contributed by atoms with van der Waals surface area (Å²) in [5.74, 6) is 0. The standard InChI is InChI=1S/C52H35NO/c1-4-12-36(13-5-1)37-20-22-38(23-21-37)39-26-30-45(31-27-39)53(44-16-8-3-9-17-44)46-32-28-40(29-33-46)42-24-25-43-35-49(41-14-6-2-7-15-41)52-51(48(43)34-42)47-18-10-11-19-50(47)54-52/h1-35H. The molecule has 0 unspecified atom stereocenters. The highest BCUT2D eigenvalue weighted by atomic mass is 16.3. The third-order valence-electron chi connectivity index (χ3n) is 10.5. The zero-order valence-electron chi connectivity index (χ0n) is 29.6. The van der Waals surface area contributed by atoms with Crippen molar-refractivity contribution in [1.29, 1.82) is 0 Å². The van der Waals surface area contributed by atoms with Gasteiger partial charge in [-0.2, -0.15) is 0 Å². The normalized spacial score (nSPS) is 11.3. The lowest BCUT2D eigenvalue weighted by atomic mass is 9.94. The van der Waals surface area contributed by atoms with Gasteiger partial charge in [-0.25, -0.2) is 0 Å². The molecule has 0 aliphatic heterocycles. The van der Waals surface area contributed by atoms with E-state index in [1.165, 1.54) is 38.6 Å². The maximum atomic E-state index is 6.57. The second-order valence-corrected chi connectivity index (χ2v) is 13.7. The third kappa shape index (κ3) is 5.71. The first kappa shape index (κ1) is 31.6. The molecule has 0 atom stereocenters. The Morgan fingerprint density at radius 1 is 0.315 bits per heavy atom. The summed E-state index contributed by atoms with van der Waals surface area (Å²) in [6, 6.07) is 75.7. The van der Waals surface area contributed by atoms with E-state index in [4.69, 9.17) is 4.42 Å². The van der Waals surface area contributed by atoms with Gasteiger partial charge in [-0.1, -0.05) is 158 Å². The van der Waals surface area contributed by atoms with Gasteiger partial charge in [0.15, 0.2) is 0 Å². The van der Waals surface area contributed by atoms with E-state index in [1.807, 2.05) is 6.07 Å². The third-order valence-corrected chi connectivity index (χ3v) is 10.5. The molecular formula is C52H35NO. The van der Waals surface area contributed by atoms with Crippen molar-refractivity contribution in [2.75, 3.05) is 4.90 Å². The first-order valence-corrected chi connectivity index (χ1v) is 18.4. The summed E-state index contributed by atoms with van der Waals surface area (Å²) in [5.41, 5.74) is 14.6. The van der Waals surface area contributed by atoms with Crippen molar-refractivity contribution in [3.63, 3.8) is 0 Å². The maximum absolute atomic E-state index is 6.57. The number of nitrogens with zero attached hydrogens (tertiary/aromatic N) is 1. The summed E-state index contributed by atoms with van der Waals surface area (Å²) in [4.78, 5) is 2.32. The van der Waals surface area contributed by atoms with E-state index in [0.717, 1.165) is 55.7 Å². The molecule has 0 bridgehead atoms. The van der Waals surface area contributed by atoms with Gasteiger partial charge in [0.1, 0.15) is 11.2 Å². The van der Waals surface area contributed by atoms with Gasteiger partial charge in [-0.3, -0.25) is 0 Å². The van der Waals surface area contributed by atoms with E-state index in [2.05, 4.69) is 211 Å². The van der Waals surface area contributed by atoms with Crippen molar-refractivity contribution in [2.45, 2.75) is 0 Å². The van der Waals surface area contributed by atoms with Crippen LogP contribution in [0.25, 0.3) is 77.2 Å². The summed E-state index contributed by atoms with van der Waals surface area (Å²) < 4.78 is 6.57. The highest BCUT2D eigenvalue weighted by Gasteiger charge is 2.18. The van der Waals surface area contributed by atoms with E-state index in [0.29, 0.717) is 0 Å². The maximum Gasteiger partial charge on any atom is 0.143 e. The monoisotopic (exact) mass is 689 g/mol. The Kier molecular flexibility index (Phi) is 7.85. The van der Waals surface area contributed by atoms with E-state index in [1.54, 1.807) is 0 Å². The van der Waals surface area contributed by atoms with Crippen LogP contribution in [0.4, 0.5) is 17.1 Å². The van der Waals surface area contributed by atoms with Crippen LogP contribution < -0.4 is 4.90 Å². The van der Waals surface area contributed by atoms with Crippen molar-refractivity contribution >= 4 is 49.8 Å². The molecule has 2 nitrogen and oxygen atoms in total. The van der Waals surface area contributed by atoms with Crippen LogP contribution in [0.15, 0.2) is 217 Å². The molecule has 0 aliphatic rings. The fourth-order valence-corrected chi connectivity index (χ4v) is 7.75. The number of rotatable bonds is 7. The van der Waals surface area contributed by atoms with Crippen LogP contribution >= 0.6 is 0 Å². The fourth-order valence-electron chi connectivity index (χ4n) is 7.75. The van der Waals surface area contributed by atoms with E-state index >= 15 is 0 Å². The molecule has 9 aromatic carbocycles. The molecule has 254 valence electrons. The zero-order chi connectivity index (χ0) is 35.8. The van der Waals surface area contributed by atoms with Gasteiger partial charge >= 0.3 is 0 Å². The Balaban J connectivity index is 1.00. The molecular weight excluding hydrogens is 655 g/mol. The van der Waals surface area contributed by atoms with Crippen LogP contribution in [0, 0.1) is 0 Å². The number of hydrogen-bond acceptors (Lipinski definition) is 2. The minimum absolute atomic E-state index is 0.905. The molecule has 1 heterocycles. The summed E-state index contributed by atoms with van der Waals surface area (Å²) in [6.07, 6.45) is 0. The topological polar surface area (TPSA) is 16.4 Å². The Bertz CT molecular complexity index is 2880. The molecule has 0 saturated carbocycles. The van der Waals surface area contributed by atoms with Crippen LogP contribution in [-0.4, -0.2) is 0 Å². The van der Waals surface area contributed by atoms with Crippen molar-refractivity contribution in [2.24, 2.45) is 0 Å². The molecule has 54 heavy (non-hydrogen) atoms. The lowest BCUT2D eigenvalue weighted by Crippen LogP contribution is -2.09. The van der Waals surface area contributed by atoms with Gasteiger partial charge in [0, 0.05) is 33.4 Å². The molecule has 2 heteroatoms. The van der Waals surface area contributed by atoms with Crippen LogP contribution in [0.1, 0.15) is 0 Å². The molecule has 10 rings (SSSR count). The smallest absolute Gasteiger partial charge is 0.143 e. The van der Waals surface area contributed by atoms with Crippen molar-refractivity contribution in [3.8, 4) is 44.5 Å². The molecule has 0 amide bonds. The second kappa shape index (κ2) is 13.4. The first-order chi connectivity index (χ1) is 26.8. The number of benzene rings is 9. The number of hydrogen-bond donors (Lipinski definition) is 0. The van der Waals surface area contributed by atoms with Gasteiger partial charge in [0.25, 0.3) is 0 Å². The number of fused-ring (bicyclic) bond motifs is 5. The van der Waals surface area contributed by atoms with Crippen molar-refractivity contribution in [1.82, 2.24) is 0 Å². The Hall–Kier alpha value is -7.16. The van der Waals surface area contributed by atoms with Crippen molar-refractivity contribution in [3.05, 3.63) is 212 Å². The van der Waals surface area contributed by atoms with Crippen LogP contribution in [0.3, 0.4) is 0 Å². The lowest BCUT2D eigenvalue weighted by molar-refractivity contribution is 0.670. The summed E-state index contributed by atoms with van der Waals surface area (Å²) in [5, 5.41) is 4.68. The van der Waals surface area contributed by atoms with E-state index < -0.39 is 0 Å². The van der Waals surface area contributed by atoms with Crippen LogP contribution in [0.5, 0.6) is 0 Å². The molecule has 0 N–H and O–H groups in total. The second-order valence-electron chi connectivity index (χ2n) is 13.7. The predicted molar refractivity (Wildman–Crippen MR) is 228 cm³/mol. The Morgan fingerprint density at radius 2 is 0.759 bits per heavy atom. The number of furan rings is 1. The Morgan fingerprint density at radius 3 is 1.37 bits per heavy atom. The average molecular weight is 690 g/mol. The minimum atomic E-state index is 0.905.